The topological polar surface area (TPSA) is 80.9 Å². The van der Waals surface area contributed by atoms with Crippen LogP contribution < -0.4 is 20.1 Å². The summed E-state index contributed by atoms with van der Waals surface area (Å²) in [5.74, 6) is 3.01. The number of nitrogens with one attached hydrogen (secondary N) is 2. The maximum atomic E-state index is 5.69. The van der Waals surface area contributed by atoms with Crippen LogP contribution >= 0.6 is 24.0 Å². The Hall–Kier alpha value is -2.75. The predicted molar refractivity (Wildman–Crippen MR) is 124 cm³/mol. The maximum absolute atomic E-state index is 5.69. The van der Waals surface area contributed by atoms with E-state index in [1.165, 1.54) is 0 Å². The number of aromatic nitrogens is 1. The number of halogens is 1. The van der Waals surface area contributed by atoms with Crippen LogP contribution in [0.1, 0.15) is 5.69 Å². The van der Waals surface area contributed by atoms with E-state index >= 15 is 0 Å². The number of ether oxygens (including phenoxy) is 2. The van der Waals surface area contributed by atoms with Gasteiger partial charge in [-0.2, -0.15) is 0 Å². The van der Waals surface area contributed by atoms with Crippen LogP contribution in [0.15, 0.2) is 70.2 Å². The molecule has 0 aliphatic carbocycles. The second-order valence-electron chi connectivity index (χ2n) is 5.93. The van der Waals surface area contributed by atoms with E-state index in [-0.39, 0.29) is 24.0 Å². The summed E-state index contributed by atoms with van der Waals surface area (Å²) in [5, 5.41) is 10.5. The summed E-state index contributed by atoms with van der Waals surface area (Å²) in [5.41, 5.74) is 1.80. The van der Waals surface area contributed by atoms with Gasteiger partial charge in [-0.25, -0.2) is 0 Å². The Bertz CT molecular complexity index is 882. The highest BCUT2D eigenvalue weighted by atomic mass is 127. The number of guanidine groups is 1. The minimum atomic E-state index is 0. The van der Waals surface area contributed by atoms with Crippen molar-refractivity contribution in [3.8, 4) is 22.8 Å². The first kappa shape index (κ1) is 22.5. The number of hydrogen-bond acceptors (Lipinski definition) is 5. The number of rotatable bonds is 8. The van der Waals surface area contributed by atoms with E-state index < -0.39 is 0 Å². The fourth-order valence-corrected chi connectivity index (χ4v) is 2.54. The van der Waals surface area contributed by atoms with E-state index in [0.717, 1.165) is 28.5 Å². The lowest BCUT2D eigenvalue weighted by molar-refractivity contribution is 0.321. The van der Waals surface area contributed by atoms with E-state index in [1.807, 2.05) is 60.7 Å². The molecule has 154 valence electrons. The molecule has 0 spiro atoms. The first-order valence-corrected chi connectivity index (χ1v) is 9.01. The fraction of sp³-hybridized carbons (Fsp3) is 0.238. The highest BCUT2D eigenvalue weighted by molar-refractivity contribution is 14.0. The molecule has 0 atom stereocenters. The van der Waals surface area contributed by atoms with Gasteiger partial charge >= 0.3 is 0 Å². The van der Waals surface area contributed by atoms with Gasteiger partial charge in [0.05, 0.1) is 20.2 Å². The highest BCUT2D eigenvalue weighted by Gasteiger charge is 2.07. The molecule has 0 radical (unpaired) electrons. The molecule has 0 amide bonds. The second kappa shape index (κ2) is 11.9. The third kappa shape index (κ3) is 6.97. The molecule has 29 heavy (non-hydrogen) atoms. The third-order valence-electron chi connectivity index (χ3n) is 4.00. The molecule has 0 saturated carbocycles. The van der Waals surface area contributed by atoms with Gasteiger partial charge in [0.15, 0.2) is 11.7 Å². The first-order chi connectivity index (χ1) is 13.8. The molecule has 0 fully saturated rings. The Morgan fingerprint density at radius 3 is 2.45 bits per heavy atom. The molecule has 2 N–H and O–H groups in total. The largest absolute Gasteiger partial charge is 0.497 e. The highest BCUT2D eigenvalue weighted by Crippen LogP contribution is 2.19. The zero-order valence-corrected chi connectivity index (χ0v) is 18.8. The van der Waals surface area contributed by atoms with Crippen LogP contribution in [0.5, 0.6) is 11.5 Å². The number of hydrogen-bond donors (Lipinski definition) is 2. The summed E-state index contributed by atoms with van der Waals surface area (Å²) in [4.78, 5) is 4.20. The van der Waals surface area contributed by atoms with E-state index in [2.05, 4.69) is 20.8 Å². The summed E-state index contributed by atoms with van der Waals surface area (Å²) < 4.78 is 16.2. The average Bonchev–Trinajstić information content (AvgIpc) is 3.23. The van der Waals surface area contributed by atoms with E-state index in [1.54, 1.807) is 14.2 Å². The fourth-order valence-electron chi connectivity index (χ4n) is 2.54. The molecule has 0 saturated heterocycles. The van der Waals surface area contributed by atoms with Gasteiger partial charge in [-0.1, -0.05) is 35.5 Å². The summed E-state index contributed by atoms with van der Waals surface area (Å²) in [6.07, 6.45) is 0. The first-order valence-electron chi connectivity index (χ1n) is 9.01. The lowest BCUT2D eigenvalue weighted by atomic mass is 10.2. The molecule has 1 aromatic heterocycles. The molecule has 0 aliphatic heterocycles. The summed E-state index contributed by atoms with van der Waals surface area (Å²) >= 11 is 0. The summed E-state index contributed by atoms with van der Waals surface area (Å²) in [6.45, 7) is 1.63. The number of aliphatic imine (C=N–C) groups is 1. The number of benzene rings is 2. The van der Waals surface area contributed by atoms with Gasteiger partial charge in [-0.3, -0.25) is 4.99 Å². The van der Waals surface area contributed by atoms with Crippen LogP contribution in [0.4, 0.5) is 0 Å². The molecule has 0 unspecified atom stereocenters. The summed E-state index contributed by atoms with van der Waals surface area (Å²) in [6, 6.07) is 19.3. The van der Waals surface area contributed by atoms with Gasteiger partial charge in [0.2, 0.25) is 0 Å². The van der Waals surface area contributed by atoms with Crippen LogP contribution in [-0.2, 0) is 6.54 Å². The number of methoxy groups -OCH3 is 1. The Morgan fingerprint density at radius 1 is 1.03 bits per heavy atom. The smallest absolute Gasteiger partial charge is 0.191 e. The van der Waals surface area contributed by atoms with Gasteiger partial charge in [0, 0.05) is 18.7 Å². The van der Waals surface area contributed by atoms with Gasteiger partial charge in [0.1, 0.15) is 23.8 Å². The van der Waals surface area contributed by atoms with Crippen LogP contribution in [-0.4, -0.2) is 38.4 Å². The van der Waals surface area contributed by atoms with Crippen molar-refractivity contribution in [3.05, 3.63) is 66.4 Å². The van der Waals surface area contributed by atoms with Crippen LogP contribution in [0, 0.1) is 0 Å². The predicted octanol–water partition coefficient (Wildman–Crippen LogP) is 3.71. The maximum Gasteiger partial charge on any atom is 0.191 e. The van der Waals surface area contributed by atoms with Gasteiger partial charge in [-0.05, 0) is 24.3 Å². The van der Waals surface area contributed by atoms with Crippen LogP contribution in [0.3, 0.4) is 0 Å². The zero-order chi connectivity index (χ0) is 19.6. The van der Waals surface area contributed by atoms with E-state index in [4.69, 9.17) is 14.0 Å². The molecule has 0 bridgehead atoms. The molecule has 8 heteroatoms. The quantitative estimate of drug-likeness (QED) is 0.209. The van der Waals surface area contributed by atoms with E-state index in [0.29, 0.717) is 25.7 Å². The second-order valence-corrected chi connectivity index (χ2v) is 5.93. The van der Waals surface area contributed by atoms with E-state index in [9.17, 15) is 0 Å². The normalized spacial score (nSPS) is 10.8. The molecule has 7 nitrogen and oxygen atoms in total. The lowest BCUT2D eigenvalue weighted by Crippen LogP contribution is -2.38. The molecule has 1 heterocycles. The molecule has 3 rings (SSSR count). The van der Waals surface area contributed by atoms with Crippen molar-refractivity contribution in [1.82, 2.24) is 15.8 Å². The Labute approximate surface area is 187 Å². The van der Waals surface area contributed by atoms with Crippen molar-refractivity contribution in [2.45, 2.75) is 6.54 Å². The minimum Gasteiger partial charge on any atom is -0.497 e. The van der Waals surface area contributed by atoms with Crippen LogP contribution in [0.2, 0.25) is 0 Å². The molecular weight excluding hydrogens is 483 g/mol. The van der Waals surface area contributed by atoms with Crippen LogP contribution in [0.25, 0.3) is 11.3 Å². The van der Waals surface area contributed by atoms with Crippen molar-refractivity contribution >= 4 is 29.9 Å². The SMILES string of the molecule is CN=C(NCCOc1ccc(OC)cc1)NCc1cc(-c2ccccc2)on1.I. The van der Waals surface area contributed by atoms with Crippen molar-refractivity contribution in [1.29, 1.82) is 0 Å². The van der Waals surface area contributed by atoms with Gasteiger partial charge in [0.25, 0.3) is 0 Å². The Balaban J connectivity index is 0.00000300. The molecule has 2 aromatic carbocycles. The lowest BCUT2D eigenvalue weighted by Gasteiger charge is -2.11. The molecule has 3 aromatic rings. The van der Waals surface area contributed by atoms with Crippen molar-refractivity contribution in [3.63, 3.8) is 0 Å². The van der Waals surface area contributed by atoms with Gasteiger partial charge < -0.3 is 24.6 Å². The summed E-state index contributed by atoms with van der Waals surface area (Å²) in [7, 11) is 3.36. The Morgan fingerprint density at radius 2 is 1.76 bits per heavy atom. The standard InChI is InChI=1S/C21H24N4O3.HI/c1-22-21(23-12-13-27-19-10-8-18(26-2)9-11-19)24-15-17-14-20(28-25-17)16-6-4-3-5-7-16;/h3-11,14H,12-13,15H2,1-2H3,(H2,22,23,24);1H. The van der Waals surface area contributed by atoms with Crippen molar-refractivity contribution in [2.24, 2.45) is 4.99 Å². The van der Waals surface area contributed by atoms with Gasteiger partial charge in [-0.15, -0.1) is 24.0 Å². The zero-order valence-electron chi connectivity index (χ0n) is 16.4. The molecule has 0 aliphatic rings. The molecular formula is C21H25IN4O3. The van der Waals surface area contributed by atoms with Crippen molar-refractivity contribution < 1.29 is 14.0 Å². The monoisotopic (exact) mass is 508 g/mol. The average molecular weight is 508 g/mol. The Kier molecular flexibility index (Phi) is 9.29. The third-order valence-corrected chi connectivity index (χ3v) is 4.00. The minimum absolute atomic E-state index is 0. The van der Waals surface area contributed by atoms with Crippen molar-refractivity contribution in [2.75, 3.05) is 27.3 Å². The number of nitrogens with zero attached hydrogens (tertiary/aromatic N) is 2.